The van der Waals surface area contributed by atoms with Crippen LogP contribution >= 0.6 is 0 Å². The smallest absolute Gasteiger partial charge is 0.377 e. The lowest BCUT2D eigenvalue weighted by atomic mass is 10.1. The lowest BCUT2D eigenvalue weighted by Crippen LogP contribution is -2.31. The zero-order valence-corrected chi connectivity index (χ0v) is 11.8. The second kappa shape index (κ2) is 6.69. The summed E-state index contributed by atoms with van der Waals surface area (Å²) in [5, 5.41) is 6.32. The summed E-state index contributed by atoms with van der Waals surface area (Å²) in [5.74, 6) is -1.11. The summed E-state index contributed by atoms with van der Waals surface area (Å²) in [5.41, 5.74) is 1.55. The van der Waals surface area contributed by atoms with Crippen molar-refractivity contribution in [1.29, 1.82) is 0 Å². The number of amides is 1. The largest absolute Gasteiger partial charge is 0.450 e. The zero-order chi connectivity index (χ0) is 15.2. The van der Waals surface area contributed by atoms with E-state index >= 15 is 0 Å². The number of rotatable bonds is 5. The first-order valence-electron chi connectivity index (χ1n) is 6.51. The fraction of sp³-hybridized carbons (Fsp3) is 0.267. The van der Waals surface area contributed by atoms with Crippen LogP contribution in [-0.4, -0.2) is 23.6 Å². The average Bonchev–Trinajstić information content (AvgIpc) is 2.92. The van der Waals surface area contributed by atoms with Gasteiger partial charge in [-0.25, -0.2) is 4.79 Å². The molecule has 2 aromatic rings. The molecule has 0 saturated heterocycles. The van der Waals surface area contributed by atoms with Crippen LogP contribution in [-0.2, 0) is 9.53 Å². The van der Waals surface area contributed by atoms with Crippen LogP contribution in [0.3, 0.4) is 0 Å². The Kier molecular flexibility index (Phi) is 4.71. The number of hydrogen-bond donors (Lipinski definition) is 1. The lowest BCUT2D eigenvalue weighted by Gasteiger charge is -2.13. The zero-order valence-electron chi connectivity index (χ0n) is 11.8. The van der Waals surface area contributed by atoms with Crippen molar-refractivity contribution in [2.75, 3.05) is 6.61 Å². The molecule has 0 fully saturated rings. The third kappa shape index (κ3) is 4.17. The van der Waals surface area contributed by atoms with Gasteiger partial charge >= 0.3 is 5.97 Å². The lowest BCUT2D eigenvalue weighted by molar-refractivity contribution is -0.124. The molecule has 1 aromatic heterocycles. The Morgan fingerprint density at radius 2 is 2.05 bits per heavy atom. The van der Waals surface area contributed by atoms with Gasteiger partial charge < -0.3 is 14.6 Å². The standard InChI is InChI=1S/C15H16N2O4/c1-10-8-13(21-17-10)15(19)20-9-14(18)16-11(2)12-6-4-3-5-7-12/h3-8,11H,9H2,1-2H3,(H,16,18)/t11-/m1/s1. The van der Waals surface area contributed by atoms with Crippen molar-refractivity contribution in [3.63, 3.8) is 0 Å². The highest BCUT2D eigenvalue weighted by Gasteiger charge is 2.16. The van der Waals surface area contributed by atoms with Crippen molar-refractivity contribution >= 4 is 11.9 Å². The van der Waals surface area contributed by atoms with Gasteiger partial charge in [-0.1, -0.05) is 35.5 Å². The average molecular weight is 288 g/mol. The second-order valence-electron chi connectivity index (χ2n) is 4.61. The fourth-order valence-electron chi connectivity index (χ4n) is 1.77. The molecular weight excluding hydrogens is 272 g/mol. The van der Waals surface area contributed by atoms with Crippen LogP contribution in [0.2, 0.25) is 0 Å². The third-order valence-electron chi connectivity index (χ3n) is 2.84. The van der Waals surface area contributed by atoms with Gasteiger partial charge in [0.05, 0.1) is 11.7 Å². The van der Waals surface area contributed by atoms with Crippen molar-refractivity contribution in [2.45, 2.75) is 19.9 Å². The predicted octanol–water partition coefficient (Wildman–Crippen LogP) is 2.02. The summed E-state index contributed by atoms with van der Waals surface area (Å²) >= 11 is 0. The van der Waals surface area contributed by atoms with Crippen LogP contribution in [0.1, 0.15) is 34.8 Å². The SMILES string of the molecule is Cc1cc(C(=O)OCC(=O)N[C@H](C)c2ccccc2)on1. The highest BCUT2D eigenvalue weighted by atomic mass is 16.6. The Bertz CT molecular complexity index is 622. The molecule has 1 atom stereocenters. The van der Waals surface area contributed by atoms with Gasteiger partial charge in [-0.05, 0) is 19.4 Å². The van der Waals surface area contributed by atoms with Crippen LogP contribution in [0.4, 0.5) is 0 Å². The van der Waals surface area contributed by atoms with Gasteiger partial charge in [0.2, 0.25) is 5.76 Å². The van der Waals surface area contributed by atoms with Gasteiger partial charge in [0.25, 0.3) is 5.91 Å². The normalized spacial score (nSPS) is 11.7. The number of esters is 1. The van der Waals surface area contributed by atoms with Crippen molar-refractivity contribution in [3.8, 4) is 0 Å². The maximum atomic E-state index is 11.7. The number of carbonyl (C=O) groups is 2. The molecular formula is C15H16N2O4. The highest BCUT2D eigenvalue weighted by Crippen LogP contribution is 2.10. The molecule has 1 aromatic carbocycles. The van der Waals surface area contributed by atoms with Crippen LogP contribution < -0.4 is 5.32 Å². The van der Waals surface area contributed by atoms with Gasteiger partial charge in [-0.3, -0.25) is 4.79 Å². The molecule has 2 rings (SSSR count). The maximum Gasteiger partial charge on any atom is 0.377 e. The fourth-order valence-corrected chi connectivity index (χ4v) is 1.77. The summed E-state index contributed by atoms with van der Waals surface area (Å²) in [6.45, 7) is 3.18. The minimum atomic E-state index is -0.710. The third-order valence-corrected chi connectivity index (χ3v) is 2.84. The van der Waals surface area contributed by atoms with E-state index in [4.69, 9.17) is 9.26 Å². The van der Waals surface area contributed by atoms with Gasteiger partial charge in [0, 0.05) is 6.07 Å². The molecule has 0 unspecified atom stereocenters. The molecule has 21 heavy (non-hydrogen) atoms. The molecule has 0 aliphatic rings. The Labute approximate surface area is 122 Å². The monoisotopic (exact) mass is 288 g/mol. The molecule has 0 aliphatic heterocycles. The summed E-state index contributed by atoms with van der Waals surface area (Å²) < 4.78 is 9.61. The summed E-state index contributed by atoms with van der Waals surface area (Å²) in [7, 11) is 0. The van der Waals surface area contributed by atoms with E-state index in [2.05, 4.69) is 10.5 Å². The second-order valence-corrected chi connectivity index (χ2v) is 4.61. The molecule has 1 amide bonds. The molecule has 0 radical (unpaired) electrons. The number of ether oxygens (including phenoxy) is 1. The van der Waals surface area contributed by atoms with E-state index < -0.39 is 5.97 Å². The van der Waals surface area contributed by atoms with Crippen LogP contribution in [0.5, 0.6) is 0 Å². The Morgan fingerprint density at radius 1 is 1.33 bits per heavy atom. The number of carbonyl (C=O) groups excluding carboxylic acids is 2. The van der Waals surface area contributed by atoms with Crippen molar-refractivity contribution in [3.05, 3.63) is 53.4 Å². The van der Waals surface area contributed by atoms with E-state index in [9.17, 15) is 9.59 Å². The maximum absolute atomic E-state index is 11.7. The van der Waals surface area contributed by atoms with Gasteiger partial charge in [0.1, 0.15) is 0 Å². The summed E-state index contributed by atoms with van der Waals surface area (Å²) in [6, 6.07) is 10.8. The van der Waals surface area contributed by atoms with Crippen molar-refractivity contribution in [2.24, 2.45) is 0 Å². The first-order chi connectivity index (χ1) is 10.1. The summed E-state index contributed by atoms with van der Waals surface area (Å²) in [6.07, 6.45) is 0. The minimum Gasteiger partial charge on any atom is -0.450 e. The molecule has 1 N–H and O–H groups in total. The van der Waals surface area contributed by atoms with E-state index in [-0.39, 0.29) is 24.3 Å². The molecule has 6 nitrogen and oxygen atoms in total. The van der Waals surface area contributed by atoms with E-state index in [1.54, 1.807) is 6.92 Å². The molecule has 0 spiro atoms. The van der Waals surface area contributed by atoms with E-state index in [1.165, 1.54) is 6.07 Å². The van der Waals surface area contributed by atoms with Crippen LogP contribution in [0.25, 0.3) is 0 Å². The molecule has 0 saturated carbocycles. The van der Waals surface area contributed by atoms with E-state index in [0.717, 1.165) is 5.56 Å². The van der Waals surface area contributed by atoms with Crippen molar-refractivity contribution < 1.29 is 18.8 Å². The Morgan fingerprint density at radius 3 is 2.67 bits per heavy atom. The summed E-state index contributed by atoms with van der Waals surface area (Å²) in [4.78, 5) is 23.3. The van der Waals surface area contributed by atoms with Crippen molar-refractivity contribution in [1.82, 2.24) is 10.5 Å². The van der Waals surface area contributed by atoms with Crippen LogP contribution in [0.15, 0.2) is 40.9 Å². The molecule has 1 heterocycles. The van der Waals surface area contributed by atoms with E-state index in [1.807, 2.05) is 37.3 Å². The van der Waals surface area contributed by atoms with Gasteiger partial charge in [-0.2, -0.15) is 0 Å². The molecule has 0 aliphatic carbocycles. The number of nitrogens with zero attached hydrogens (tertiary/aromatic N) is 1. The quantitative estimate of drug-likeness (QED) is 0.851. The Hall–Kier alpha value is -2.63. The van der Waals surface area contributed by atoms with Gasteiger partial charge in [0.15, 0.2) is 6.61 Å². The topological polar surface area (TPSA) is 81.4 Å². The predicted molar refractivity (Wildman–Crippen MR) is 74.5 cm³/mol. The van der Waals surface area contributed by atoms with Gasteiger partial charge in [-0.15, -0.1) is 0 Å². The number of benzene rings is 1. The first-order valence-corrected chi connectivity index (χ1v) is 6.51. The molecule has 6 heteroatoms. The number of hydrogen-bond acceptors (Lipinski definition) is 5. The minimum absolute atomic E-state index is 0.0172. The molecule has 110 valence electrons. The number of aryl methyl sites for hydroxylation is 1. The number of nitrogens with one attached hydrogen (secondary N) is 1. The number of aromatic nitrogens is 1. The van der Waals surface area contributed by atoms with Crippen LogP contribution in [0, 0.1) is 6.92 Å². The molecule has 0 bridgehead atoms. The highest BCUT2D eigenvalue weighted by molar-refractivity contribution is 5.88. The first kappa shape index (κ1) is 14.8. The Balaban J connectivity index is 1.81. The van der Waals surface area contributed by atoms with E-state index in [0.29, 0.717) is 5.69 Å².